The average Bonchev–Trinajstić information content (AvgIpc) is 2.48. The highest BCUT2D eigenvalue weighted by atomic mass is 14.1. The van der Waals surface area contributed by atoms with Crippen molar-refractivity contribution in [3.63, 3.8) is 0 Å². The highest BCUT2D eigenvalue weighted by Gasteiger charge is 2.08. The zero-order chi connectivity index (χ0) is 16.6. The summed E-state index contributed by atoms with van der Waals surface area (Å²) in [6, 6.07) is 20.2. The van der Waals surface area contributed by atoms with E-state index >= 15 is 0 Å². The van der Waals surface area contributed by atoms with E-state index in [1.165, 1.54) is 50.1 Å². The lowest BCUT2D eigenvalue weighted by Crippen LogP contribution is -1.90. The number of rotatable bonds is 2. The Bertz CT molecular complexity index is 869. The second-order valence-electron chi connectivity index (χ2n) is 6.67. The number of aryl methyl sites for hydroxylation is 5. The third-order valence-electron chi connectivity index (χ3n) is 4.59. The van der Waals surface area contributed by atoms with Crippen LogP contribution in [0.15, 0.2) is 54.6 Å². The first-order valence-corrected chi connectivity index (χ1v) is 8.21. The minimum atomic E-state index is 1.30. The van der Waals surface area contributed by atoms with Crippen molar-refractivity contribution in [3.05, 3.63) is 82.4 Å². The molecule has 0 heteroatoms. The Labute approximate surface area is 139 Å². The molecule has 0 fully saturated rings. The normalized spacial score (nSPS) is 10.8. The summed E-state index contributed by atoms with van der Waals surface area (Å²) in [6.45, 7) is 10.9. The molecule has 3 aromatic carbocycles. The molecule has 0 heterocycles. The summed E-state index contributed by atoms with van der Waals surface area (Å²) in [7, 11) is 0. The van der Waals surface area contributed by atoms with Gasteiger partial charge in [-0.15, -0.1) is 0 Å². The highest BCUT2D eigenvalue weighted by molar-refractivity contribution is 5.76. The van der Waals surface area contributed by atoms with Crippen LogP contribution in [-0.2, 0) is 0 Å². The number of hydrogen-bond acceptors (Lipinski definition) is 0. The van der Waals surface area contributed by atoms with Crippen LogP contribution in [0.3, 0.4) is 0 Å². The lowest BCUT2D eigenvalue weighted by atomic mass is 9.91. The van der Waals surface area contributed by atoms with Gasteiger partial charge in [0.05, 0.1) is 0 Å². The Hall–Kier alpha value is -2.34. The van der Waals surface area contributed by atoms with Crippen LogP contribution in [0.25, 0.3) is 22.3 Å². The zero-order valence-corrected chi connectivity index (χ0v) is 14.7. The molecule has 0 atom stereocenters. The summed E-state index contributed by atoms with van der Waals surface area (Å²) in [6.07, 6.45) is 0. The van der Waals surface area contributed by atoms with Crippen LogP contribution >= 0.6 is 0 Å². The Morgan fingerprint density at radius 3 is 1.35 bits per heavy atom. The van der Waals surface area contributed by atoms with Crippen LogP contribution in [0.2, 0.25) is 0 Å². The van der Waals surface area contributed by atoms with E-state index in [0.29, 0.717) is 0 Å². The number of benzene rings is 3. The average molecular weight is 300 g/mol. The summed E-state index contributed by atoms with van der Waals surface area (Å²) in [4.78, 5) is 0. The fraction of sp³-hybridized carbons (Fsp3) is 0.217. The standard InChI is InChI=1S/C23H24/c1-15-6-9-21(17(3)12-15)20-8-11-23(19(5)14-20)22-10-7-16(2)13-18(22)4/h6-14H,1-5H3. The minimum Gasteiger partial charge on any atom is -0.0587 e. The second-order valence-corrected chi connectivity index (χ2v) is 6.67. The molecule has 0 amide bonds. The second kappa shape index (κ2) is 6.04. The van der Waals surface area contributed by atoms with Gasteiger partial charge in [-0.3, -0.25) is 0 Å². The monoisotopic (exact) mass is 300 g/mol. The van der Waals surface area contributed by atoms with E-state index in [4.69, 9.17) is 0 Å². The van der Waals surface area contributed by atoms with Gasteiger partial charge in [0.15, 0.2) is 0 Å². The summed E-state index contributed by atoms with van der Waals surface area (Å²) < 4.78 is 0. The van der Waals surface area contributed by atoms with Gasteiger partial charge in [0.1, 0.15) is 0 Å². The highest BCUT2D eigenvalue weighted by Crippen LogP contribution is 2.32. The molecule has 0 spiro atoms. The van der Waals surface area contributed by atoms with Crippen LogP contribution in [0.5, 0.6) is 0 Å². The van der Waals surface area contributed by atoms with Crippen LogP contribution in [0, 0.1) is 34.6 Å². The quantitative estimate of drug-likeness (QED) is 0.502. The Kier molecular flexibility index (Phi) is 4.09. The van der Waals surface area contributed by atoms with Crippen molar-refractivity contribution < 1.29 is 0 Å². The van der Waals surface area contributed by atoms with Crippen LogP contribution < -0.4 is 0 Å². The third-order valence-corrected chi connectivity index (χ3v) is 4.59. The van der Waals surface area contributed by atoms with Crippen LogP contribution in [0.4, 0.5) is 0 Å². The molecule has 3 rings (SSSR count). The maximum atomic E-state index is 2.31. The predicted octanol–water partition coefficient (Wildman–Crippen LogP) is 6.56. The lowest BCUT2D eigenvalue weighted by Gasteiger charge is -2.13. The maximum absolute atomic E-state index is 2.31. The fourth-order valence-corrected chi connectivity index (χ4v) is 3.39. The van der Waals surface area contributed by atoms with Crippen molar-refractivity contribution in [2.45, 2.75) is 34.6 Å². The molecule has 0 radical (unpaired) electrons. The first-order chi connectivity index (χ1) is 11.0. The molecule has 0 unspecified atom stereocenters. The molecule has 0 saturated heterocycles. The van der Waals surface area contributed by atoms with Crippen molar-refractivity contribution in [2.75, 3.05) is 0 Å². The van der Waals surface area contributed by atoms with Gasteiger partial charge in [-0.25, -0.2) is 0 Å². The zero-order valence-electron chi connectivity index (χ0n) is 14.7. The molecule has 0 N–H and O–H groups in total. The van der Waals surface area contributed by atoms with E-state index in [1.807, 2.05) is 0 Å². The fourth-order valence-electron chi connectivity index (χ4n) is 3.39. The van der Waals surface area contributed by atoms with E-state index < -0.39 is 0 Å². The van der Waals surface area contributed by atoms with Crippen molar-refractivity contribution >= 4 is 0 Å². The smallest absolute Gasteiger partial charge is 0.0152 e. The van der Waals surface area contributed by atoms with Crippen LogP contribution in [0.1, 0.15) is 27.8 Å². The van der Waals surface area contributed by atoms with Gasteiger partial charge in [0, 0.05) is 0 Å². The minimum absolute atomic E-state index is 1.30. The van der Waals surface area contributed by atoms with Gasteiger partial charge in [-0.2, -0.15) is 0 Å². The van der Waals surface area contributed by atoms with E-state index in [9.17, 15) is 0 Å². The van der Waals surface area contributed by atoms with Gasteiger partial charge in [-0.05, 0) is 73.6 Å². The van der Waals surface area contributed by atoms with E-state index in [-0.39, 0.29) is 0 Å². The topological polar surface area (TPSA) is 0 Å². The van der Waals surface area contributed by atoms with E-state index in [0.717, 1.165) is 0 Å². The summed E-state index contributed by atoms with van der Waals surface area (Å²) >= 11 is 0. The SMILES string of the molecule is Cc1ccc(-c2ccc(-c3ccc(C)cc3C)c(C)c2)c(C)c1. The molecule has 116 valence electrons. The van der Waals surface area contributed by atoms with Crippen molar-refractivity contribution in [1.29, 1.82) is 0 Å². The van der Waals surface area contributed by atoms with E-state index in [1.54, 1.807) is 0 Å². The van der Waals surface area contributed by atoms with Crippen molar-refractivity contribution in [2.24, 2.45) is 0 Å². The Morgan fingerprint density at radius 2 is 0.870 bits per heavy atom. The molecule has 0 aliphatic rings. The molecule has 0 aromatic heterocycles. The van der Waals surface area contributed by atoms with Gasteiger partial charge in [0.25, 0.3) is 0 Å². The largest absolute Gasteiger partial charge is 0.0587 e. The van der Waals surface area contributed by atoms with Gasteiger partial charge in [0.2, 0.25) is 0 Å². The molecule has 0 saturated carbocycles. The van der Waals surface area contributed by atoms with Crippen molar-refractivity contribution in [1.82, 2.24) is 0 Å². The molecule has 0 aliphatic heterocycles. The third kappa shape index (κ3) is 3.07. The Morgan fingerprint density at radius 1 is 0.435 bits per heavy atom. The summed E-state index contributed by atoms with van der Waals surface area (Å²) in [5.74, 6) is 0. The molecular formula is C23H24. The van der Waals surface area contributed by atoms with Crippen LogP contribution in [-0.4, -0.2) is 0 Å². The summed E-state index contributed by atoms with van der Waals surface area (Å²) in [5, 5.41) is 0. The molecule has 0 nitrogen and oxygen atoms in total. The van der Waals surface area contributed by atoms with Crippen molar-refractivity contribution in [3.8, 4) is 22.3 Å². The summed E-state index contributed by atoms with van der Waals surface area (Å²) in [5.41, 5.74) is 11.9. The van der Waals surface area contributed by atoms with Gasteiger partial charge < -0.3 is 0 Å². The van der Waals surface area contributed by atoms with Gasteiger partial charge in [-0.1, -0.05) is 65.7 Å². The molecule has 0 aliphatic carbocycles. The first kappa shape index (κ1) is 15.6. The molecule has 23 heavy (non-hydrogen) atoms. The maximum Gasteiger partial charge on any atom is -0.0152 e. The number of hydrogen-bond donors (Lipinski definition) is 0. The molecular weight excluding hydrogens is 276 g/mol. The van der Waals surface area contributed by atoms with Gasteiger partial charge >= 0.3 is 0 Å². The Balaban J connectivity index is 2.07. The molecule has 0 bridgehead atoms. The van der Waals surface area contributed by atoms with E-state index in [2.05, 4.69) is 89.2 Å². The predicted molar refractivity (Wildman–Crippen MR) is 101 cm³/mol. The lowest BCUT2D eigenvalue weighted by molar-refractivity contribution is 1.35. The molecule has 3 aromatic rings. The first-order valence-electron chi connectivity index (χ1n) is 8.21.